The quantitative estimate of drug-likeness (QED) is 0.151. The first-order valence-electron chi connectivity index (χ1n) is 26.2. The fourth-order valence-electron chi connectivity index (χ4n) is 12.7. The van der Waals surface area contributed by atoms with Crippen LogP contribution in [0.3, 0.4) is 0 Å². The topological polar surface area (TPSA) is 17.4 Å². The van der Waals surface area contributed by atoms with E-state index in [1.807, 2.05) is 0 Å². The molecule has 1 aliphatic heterocycles. The smallest absolute Gasteiger partial charge is 0.132 e. The van der Waals surface area contributed by atoms with Gasteiger partial charge in [-0.15, -0.1) is 0 Å². The third kappa shape index (κ3) is 6.69. The van der Waals surface area contributed by atoms with E-state index in [0.29, 0.717) is 0 Å². The first kappa shape index (κ1) is 43.6. The average molecular weight is 969 g/mol. The summed E-state index contributed by atoms with van der Waals surface area (Å²) in [5, 5.41) is 2.43. The van der Waals surface area contributed by atoms with Crippen LogP contribution in [0.1, 0.15) is 22.3 Å². The maximum atomic E-state index is 6.67. The molecule has 0 unspecified atom stereocenters. The van der Waals surface area contributed by atoms with Crippen LogP contribution in [0.4, 0.5) is 17.1 Å². The SMILES string of the molecule is c1ccc(-c2ccccc2-c2ccccc2-c2ccccc2N(c2ccc(-c3ccc4c(c3)C3(c5ccccc5Oc5ccccc53)c3ccccc3-4)cc2)c2ccc3c4ccccc4n(-c4ccccc4)c3c2)cc1. The molecule has 2 heterocycles. The lowest BCUT2D eigenvalue weighted by atomic mass is 9.66. The molecule has 2 aliphatic rings. The summed E-state index contributed by atoms with van der Waals surface area (Å²) in [6.07, 6.45) is 0. The minimum atomic E-state index is -0.549. The van der Waals surface area contributed by atoms with Crippen LogP contribution >= 0.6 is 0 Å². The second-order valence-electron chi connectivity index (χ2n) is 19.9. The second kappa shape index (κ2) is 17.6. The zero-order valence-electron chi connectivity index (χ0n) is 41.5. The molecule has 15 rings (SSSR count). The molecule has 0 saturated carbocycles. The van der Waals surface area contributed by atoms with Crippen LogP contribution in [-0.2, 0) is 5.41 Å². The Balaban J connectivity index is 0.920. The minimum absolute atomic E-state index is 0.549. The number of anilines is 3. The summed E-state index contributed by atoms with van der Waals surface area (Å²) in [5.74, 6) is 1.79. The van der Waals surface area contributed by atoms with Crippen molar-refractivity contribution >= 4 is 38.9 Å². The van der Waals surface area contributed by atoms with Crippen LogP contribution in [0, 0.1) is 0 Å². The lowest BCUT2D eigenvalue weighted by Crippen LogP contribution is -2.32. The summed E-state index contributed by atoms with van der Waals surface area (Å²) < 4.78 is 9.08. The van der Waals surface area contributed by atoms with Gasteiger partial charge in [-0.25, -0.2) is 0 Å². The molecule has 1 spiro atoms. The first-order chi connectivity index (χ1) is 37.7. The van der Waals surface area contributed by atoms with Gasteiger partial charge in [0, 0.05) is 44.5 Å². The van der Waals surface area contributed by atoms with Crippen LogP contribution in [0.2, 0.25) is 0 Å². The van der Waals surface area contributed by atoms with E-state index < -0.39 is 5.41 Å². The summed E-state index contributed by atoms with van der Waals surface area (Å²) in [6, 6.07) is 106. The molecule has 13 aromatic rings. The van der Waals surface area contributed by atoms with Gasteiger partial charge in [-0.1, -0.05) is 224 Å². The van der Waals surface area contributed by atoms with Crippen molar-refractivity contribution in [3.8, 4) is 72.8 Å². The highest BCUT2D eigenvalue weighted by atomic mass is 16.5. The predicted molar refractivity (Wildman–Crippen MR) is 315 cm³/mol. The normalized spacial score (nSPS) is 12.7. The maximum Gasteiger partial charge on any atom is 0.132 e. The highest BCUT2D eigenvalue weighted by Crippen LogP contribution is 2.62. The molecular weight excluding hydrogens is 921 g/mol. The Morgan fingerprint density at radius 3 is 1.51 bits per heavy atom. The zero-order chi connectivity index (χ0) is 50.2. The van der Waals surface area contributed by atoms with Crippen LogP contribution < -0.4 is 9.64 Å². The highest BCUT2D eigenvalue weighted by molar-refractivity contribution is 6.11. The summed E-state index contributed by atoms with van der Waals surface area (Å²) in [7, 11) is 0. The molecule has 76 heavy (non-hydrogen) atoms. The van der Waals surface area contributed by atoms with Gasteiger partial charge >= 0.3 is 0 Å². The Kier molecular flexibility index (Phi) is 10.1. The lowest BCUT2D eigenvalue weighted by molar-refractivity contribution is 0.436. The van der Waals surface area contributed by atoms with Gasteiger partial charge in [-0.3, -0.25) is 0 Å². The van der Waals surface area contributed by atoms with Crippen molar-refractivity contribution in [3.63, 3.8) is 0 Å². The molecule has 3 heteroatoms. The fourth-order valence-corrected chi connectivity index (χ4v) is 12.7. The van der Waals surface area contributed by atoms with Crippen molar-refractivity contribution in [2.45, 2.75) is 5.41 Å². The van der Waals surface area contributed by atoms with Crippen molar-refractivity contribution in [2.24, 2.45) is 0 Å². The number of rotatable bonds is 8. The van der Waals surface area contributed by atoms with Gasteiger partial charge in [0.25, 0.3) is 0 Å². The molecule has 12 aromatic carbocycles. The maximum absolute atomic E-state index is 6.67. The molecule has 0 radical (unpaired) electrons. The average Bonchev–Trinajstić information content (AvgIpc) is 4.09. The molecule has 0 N–H and O–H groups in total. The molecule has 1 aliphatic carbocycles. The number of hydrogen-bond donors (Lipinski definition) is 0. The highest BCUT2D eigenvalue weighted by Gasteiger charge is 2.51. The van der Waals surface area contributed by atoms with Gasteiger partial charge in [0.05, 0.1) is 22.1 Å². The number of benzene rings is 12. The third-order valence-electron chi connectivity index (χ3n) is 15.9. The Hall–Kier alpha value is -9.96. The van der Waals surface area contributed by atoms with Crippen molar-refractivity contribution in [1.29, 1.82) is 0 Å². The molecule has 0 amide bonds. The van der Waals surface area contributed by atoms with E-state index in [0.717, 1.165) is 73.1 Å². The second-order valence-corrected chi connectivity index (χ2v) is 19.9. The number of para-hydroxylation sites is 5. The Bertz CT molecular complexity index is 4330. The number of ether oxygens (including phenoxy) is 1. The van der Waals surface area contributed by atoms with Gasteiger partial charge in [0.2, 0.25) is 0 Å². The predicted octanol–water partition coefficient (Wildman–Crippen LogP) is 19.4. The summed E-state index contributed by atoms with van der Waals surface area (Å²) in [4.78, 5) is 2.45. The van der Waals surface area contributed by atoms with E-state index in [1.165, 1.54) is 60.8 Å². The number of hydrogen-bond acceptors (Lipinski definition) is 2. The number of fused-ring (bicyclic) bond motifs is 12. The van der Waals surface area contributed by atoms with Gasteiger partial charge in [0.1, 0.15) is 11.5 Å². The van der Waals surface area contributed by atoms with Gasteiger partial charge < -0.3 is 14.2 Å². The Morgan fingerprint density at radius 2 is 0.789 bits per heavy atom. The number of aromatic nitrogens is 1. The van der Waals surface area contributed by atoms with Crippen LogP contribution in [0.25, 0.3) is 83.1 Å². The van der Waals surface area contributed by atoms with E-state index in [2.05, 4.69) is 301 Å². The molecule has 0 bridgehead atoms. The van der Waals surface area contributed by atoms with Crippen molar-refractivity contribution in [1.82, 2.24) is 4.57 Å². The van der Waals surface area contributed by atoms with Gasteiger partial charge in [0.15, 0.2) is 0 Å². The molecule has 356 valence electrons. The molecule has 3 nitrogen and oxygen atoms in total. The third-order valence-corrected chi connectivity index (χ3v) is 15.9. The summed E-state index contributed by atoms with van der Waals surface area (Å²) in [5.41, 5.74) is 22.8. The summed E-state index contributed by atoms with van der Waals surface area (Å²) in [6.45, 7) is 0. The monoisotopic (exact) mass is 968 g/mol. The van der Waals surface area contributed by atoms with E-state index in [1.54, 1.807) is 0 Å². The number of nitrogens with zero attached hydrogens (tertiary/aromatic N) is 2. The molecule has 0 atom stereocenters. The van der Waals surface area contributed by atoms with Crippen LogP contribution in [0.5, 0.6) is 11.5 Å². The molecular formula is C73H48N2O. The fraction of sp³-hybridized carbons (Fsp3) is 0.0137. The van der Waals surface area contributed by atoms with Crippen molar-refractivity contribution in [2.75, 3.05) is 4.90 Å². The lowest BCUT2D eigenvalue weighted by Gasteiger charge is -2.39. The molecule has 0 fully saturated rings. The van der Waals surface area contributed by atoms with Gasteiger partial charge in [-0.05, 0) is 128 Å². The van der Waals surface area contributed by atoms with E-state index in [9.17, 15) is 0 Å². The molecule has 0 saturated heterocycles. The molecule has 1 aromatic heterocycles. The van der Waals surface area contributed by atoms with E-state index in [-0.39, 0.29) is 0 Å². The van der Waals surface area contributed by atoms with Gasteiger partial charge in [-0.2, -0.15) is 0 Å². The first-order valence-corrected chi connectivity index (χ1v) is 26.2. The Labute approximate surface area is 442 Å². The van der Waals surface area contributed by atoms with Crippen LogP contribution in [0.15, 0.2) is 291 Å². The largest absolute Gasteiger partial charge is 0.457 e. The minimum Gasteiger partial charge on any atom is -0.457 e. The zero-order valence-corrected chi connectivity index (χ0v) is 41.5. The van der Waals surface area contributed by atoms with Crippen LogP contribution in [-0.4, -0.2) is 4.57 Å². The van der Waals surface area contributed by atoms with Crippen molar-refractivity contribution < 1.29 is 4.74 Å². The standard InChI is InChI=1S/C73H48N2O/c1-3-21-50(22-4-1)55-25-7-8-26-56(55)57-27-9-10-28-58(57)61-30-12-17-35-68(61)74(54-44-46-63-62-31-13-18-36-69(62)75(70(63)48-54)52-23-5-2-6-24-52)53-42-39-49(40-43-53)51-41-45-60-59-29-11-14-32-64(59)73(67(60)47-51)65-33-15-19-37-71(65)76-72-38-20-16-34-66(72)73/h1-48H. The summed E-state index contributed by atoms with van der Waals surface area (Å²) >= 11 is 0. The Morgan fingerprint density at radius 1 is 0.289 bits per heavy atom. The van der Waals surface area contributed by atoms with Crippen molar-refractivity contribution in [3.05, 3.63) is 313 Å². The van der Waals surface area contributed by atoms with E-state index >= 15 is 0 Å². The van der Waals surface area contributed by atoms with E-state index in [4.69, 9.17) is 4.74 Å².